The number of rotatable bonds is 4. The van der Waals surface area contributed by atoms with Gasteiger partial charge < -0.3 is 4.98 Å². The van der Waals surface area contributed by atoms with Gasteiger partial charge in [-0.3, -0.25) is 0 Å². The van der Waals surface area contributed by atoms with Crippen molar-refractivity contribution in [1.82, 2.24) is 19.9 Å². The third kappa shape index (κ3) is 4.72. The molecule has 5 heteroatoms. The second-order valence-electron chi connectivity index (χ2n) is 6.08. The van der Waals surface area contributed by atoms with E-state index in [1.807, 2.05) is 54.7 Å². The summed E-state index contributed by atoms with van der Waals surface area (Å²) in [5, 5.41) is 2.07. The summed E-state index contributed by atoms with van der Waals surface area (Å²) in [6.45, 7) is 2.21. The van der Waals surface area contributed by atoms with Crippen molar-refractivity contribution in [2.24, 2.45) is 0 Å². The number of fused-ring (bicyclic) bond motifs is 2. The lowest BCUT2D eigenvalue weighted by atomic mass is 10.2. The summed E-state index contributed by atoms with van der Waals surface area (Å²) < 4.78 is 0. The number of aromatic nitrogens is 4. The van der Waals surface area contributed by atoms with Gasteiger partial charge in [0.2, 0.25) is 0 Å². The average Bonchev–Trinajstić information content (AvgIpc) is 2.68. The molecule has 1 N–H and O–H groups in total. The molecule has 2 aromatic carbocycles. The summed E-state index contributed by atoms with van der Waals surface area (Å²) in [4.78, 5) is 25.8. The third-order valence-corrected chi connectivity index (χ3v) is 4.07. The van der Waals surface area contributed by atoms with Crippen LogP contribution in [0.25, 0.3) is 21.8 Å². The Morgan fingerprint density at radius 2 is 1.62 bits per heavy atom. The number of para-hydroxylation sites is 2. The van der Waals surface area contributed by atoms with Crippen LogP contribution in [0.15, 0.2) is 65.7 Å². The van der Waals surface area contributed by atoms with Crippen molar-refractivity contribution >= 4 is 21.8 Å². The van der Waals surface area contributed by atoms with Gasteiger partial charge in [-0.25, -0.2) is 19.7 Å². The first-order chi connectivity index (χ1) is 12.8. The zero-order valence-electron chi connectivity index (χ0n) is 14.9. The minimum atomic E-state index is -0.302. The molecule has 4 aromatic rings. The highest BCUT2D eigenvalue weighted by atomic mass is 16.1. The molecule has 0 amide bonds. The summed E-state index contributed by atoms with van der Waals surface area (Å²) in [7, 11) is 0. The number of hydrogen-bond donors (Lipinski definition) is 1. The Kier molecular flexibility index (Phi) is 6.04. The average molecular weight is 346 g/mol. The number of H-pyrrole nitrogens is 1. The highest BCUT2D eigenvalue weighted by Gasteiger charge is 1.98. The monoisotopic (exact) mass is 346 g/mol. The van der Waals surface area contributed by atoms with E-state index in [0.29, 0.717) is 0 Å². The molecular weight excluding hydrogens is 324 g/mol. The lowest BCUT2D eigenvalue weighted by molar-refractivity contribution is 0.696. The van der Waals surface area contributed by atoms with Crippen LogP contribution in [0.3, 0.4) is 0 Å². The molecule has 132 valence electrons. The van der Waals surface area contributed by atoms with Gasteiger partial charge in [0.25, 0.3) is 0 Å². The van der Waals surface area contributed by atoms with Crippen molar-refractivity contribution in [2.45, 2.75) is 32.6 Å². The summed E-state index contributed by atoms with van der Waals surface area (Å²) in [6.07, 6.45) is 8.18. The molecule has 26 heavy (non-hydrogen) atoms. The Morgan fingerprint density at radius 3 is 2.46 bits per heavy atom. The first-order valence-electron chi connectivity index (χ1n) is 8.91. The summed E-state index contributed by atoms with van der Waals surface area (Å²) in [5.74, 6) is 0.974. The molecule has 0 saturated carbocycles. The van der Waals surface area contributed by atoms with Gasteiger partial charge in [-0.2, -0.15) is 0 Å². The summed E-state index contributed by atoms with van der Waals surface area (Å²) in [6, 6.07) is 15.6. The van der Waals surface area contributed by atoms with Crippen LogP contribution in [0, 0.1) is 0 Å². The maximum Gasteiger partial charge on any atom is 0.345 e. The van der Waals surface area contributed by atoms with Crippen LogP contribution in [0.4, 0.5) is 0 Å². The van der Waals surface area contributed by atoms with Crippen molar-refractivity contribution in [2.75, 3.05) is 0 Å². The molecule has 5 nitrogen and oxygen atoms in total. The second kappa shape index (κ2) is 8.85. The van der Waals surface area contributed by atoms with Crippen molar-refractivity contribution in [3.63, 3.8) is 0 Å². The van der Waals surface area contributed by atoms with Crippen molar-refractivity contribution in [3.05, 3.63) is 77.2 Å². The standard InChI is InChI=1S/C13H16N2.C8H6N2O/c1-2-3-4-9-13-14-10-11-7-5-6-8-12(11)15-13;11-8-9-5-6-3-1-2-4-7(6)10-8/h5-8,10H,2-4,9H2,1H3;1-5H,(H,9,10,11). The van der Waals surface area contributed by atoms with Crippen LogP contribution in [0.5, 0.6) is 0 Å². The molecular formula is C21H22N4O. The Bertz CT molecular complexity index is 1040. The van der Waals surface area contributed by atoms with E-state index in [0.717, 1.165) is 34.1 Å². The van der Waals surface area contributed by atoms with Gasteiger partial charge in [0, 0.05) is 29.6 Å². The summed E-state index contributed by atoms with van der Waals surface area (Å²) >= 11 is 0. The van der Waals surface area contributed by atoms with Crippen LogP contribution in [0.1, 0.15) is 32.0 Å². The van der Waals surface area contributed by atoms with E-state index < -0.39 is 0 Å². The second-order valence-corrected chi connectivity index (χ2v) is 6.08. The van der Waals surface area contributed by atoms with Gasteiger partial charge >= 0.3 is 5.69 Å². The van der Waals surface area contributed by atoms with Gasteiger partial charge in [-0.05, 0) is 18.6 Å². The molecule has 0 saturated heterocycles. The van der Waals surface area contributed by atoms with Crippen LogP contribution in [-0.4, -0.2) is 19.9 Å². The molecule has 0 atom stereocenters. The molecule has 0 spiro atoms. The number of nitrogens with zero attached hydrogens (tertiary/aromatic N) is 3. The zero-order valence-corrected chi connectivity index (χ0v) is 14.9. The van der Waals surface area contributed by atoms with E-state index in [-0.39, 0.29) is 5.69 Å². The van der Waals surface area contributed by atoms with E-state index >= 15 is 0 Å². The fraction of sp³-hybridized carbons (Fsp3) is 0.238. The van der Waals surface area contributed by atoms with Crippen molar-refractivity contribution in [1.29, 1.82) is 0 Å². The fourth-order valence-corrected chi connectivity index (χ4v) is 2.66. The SMILES string of the molecule is CCCCCc1ncc2ccccc2n1.O=c1ncc2ccccc2[nH]1. The molecule has 0 bridgehead atoms. The Balaban J connectivity index is 0.000000158. The third-order valence-electron chi connectivity index (χ3n) is 4.07. The highest BCUT2D eigenvalue weighted by molar-refractivity contribution is 5.77. The molecule has 0 aliphatic heterocycles. The van der Waals surface area contributed by atoms with Gasteiger partial charge in [0.1, 0.15) is 5.82 Å². The van der Waals surface area contributed by atoms with Crippen LogP contribution in [-0.2, 0) is 6.42 Å². The fourth-order valence-electron chi connectivity index (χ4n) is 2.66. The molecule has 2 heterocycles. The predicted octanol–water partition coefficient (Wildman–Crippen LogP) is 4.29. The number of unbranched alkanes of at least 4 members (excludes halogenated alkanes) is 2. The summed E-state index contributed by atoms with van der Waals surface area (Å²) in [5.41, 5.74) is 1.58. The largest absolute Gasteiger partial charge is 0.345 e. The van der Waals surface area contributed by atoms with E-state index in [1.165, 1.54) is 19.3 Å². The minimum Gasteiger partial charge on any atom is -0.305 e. The Labute approximate surface area is 152 Å². The van der Waals surface area contributed by atoms with Crippen molar-refractivity contribution < 1.29 is 0 Å². The minimum absolute atomic E-state index is 0.302. The van der Waals surface area contributed by atoms with Crippen LogP contribution in [0.2, 0.25) is 0 Å². The molecule has 2 aromatic heterocycles. The predicted molar refractivity (Wildman–Crippen MR) is 105 cm³/mol. The van der Waals surface area contributed by atoms with Gasteiger partial charge in [-0.1, -0.05) is 56.2 Å². The zero-order chi connectivity index (χ0) is 18.2. The normalized spacial score (nSPS) is 10.5. The number of benzene rings is 2. The molecule has 0 unspecified atom stereocenters. The maximum absolute atomic E-state index is 10.7. The highest BCUT2D eigenvalue weighted by Crippen LogP contribution is 2.11. The van der Waals surface area contributed by atoms with E-state index in [2.05, 4.69) is 26.9 Å². The molecule has 0 radical (unpaired) electrons. The quantitative estimate of drug-likeness (QED) is 0.560. The van der Waals surface area contributed by atoms with E-state index in [4.69, 9.17) is 0 Å². The smallest absolute Gasteiger partial charge is 0.305 e. The molecule has 0 aliphatic rings. The maximum atomic E-state index is 10.7. The molecule has 0 aliphatic carbocycles. The number of aromatic amines is 1. The lowest BCUT2D eigenvalue weighted by Gasteiger charge is -2.01. The van der Waals surface area contributed by atoms with Crippen LogP contribution >= 0.6 is 0 Å². The number of aryl methyl sites for hydroxylation is 1. The van der Waals surface area contributed by atoms with Crippen molar-refractivity contribution in [3.8, 4) is 0 Å². The first kappa shape index (κ1) is 17.7. The Hall–Kier alpha value is -3.08. The lowest BCUT2D eigenvalue weighted by Crippen LogP contribution is -2.07. The van der Waals surface area contributed by atoms with E-state index in [9.17, 15) is 4.79 Å². The topological polar surface area (TPSA) is 71.5 Å². The van der Waals surface area contributed by atoms with E-state index in [1.54, 1.807) is 6.20 Å². The first-order valence-corrected chi connectivity index (χ1v) is 8.91. The Morgan fingerprint density at radius 1 is 0.885 bits per heavy atom. The molecule has 4 rings (SSSR count). The van der Waals surface area contributed by atoms with Gasteiger partial charge in [0.05, 0.1) is 11.0 Å². The number of nitrogens with one attached hydrogen (secondary N) is 1. The van der Waals surface area contributed by atoms with Gasteiger partial charge in [0.15, 0.2) is 0 Å². The number of hydrogen-bond acceptors (Lipinski definition) is 4. The molecule has 0 fully saturated rings. The van der Waals surface area contributed by atoms with Gasteiger partial charge in [-0.15, -0.1) is 0 Å². The van der Waals surface area contributed by atoms with Crippen LogP contribution < -0.4 is 5.69 Å².